The van der Waals surface area contributed by atoms with Crippen LogP contribution >= 0.6 is 0 Å². The summed E-state index contributed by atoms with van der Waals surface area (Å²) < 4.78 is 5.88. The quantitative estimate of drug-likeness (QED) is 0.872. The van der Waals surface area contributed by atoms with Crippen molar-refractivity contribution in [2.45, 2.75) is 19.4 Å². The van der Waals surface area contributed by atoms with Gasteiger partial charge in [-0.05, 0) is 42.8 Å². The predicted octanol–water partition coefficient (Wildman–Crippen LogP) is 2.72. The van der Waals surface area contributed by atoms with Gasteiger partial charge in [0.05, 0.1) is 5.41 Å². The molecule has 0 aliphatic carbocycles. The Morgan fingerprint density at radius 2 is 1.84 bits per heavy atom. The number of imide groups is 1. The topological polar surface area (TPSA) is 58.6 Å². The van der Waals surface area contributed by atoms with E-state index in [0.29, 0.717) is 13.0 Å². The van der Waals surface area contributed by atoms with Gasteiger partial charge in [-0.25, -0.2) is 0 Å². The number of amides is 2. The van der Waals surface area contributed by atoms with Crippen LogP contribution in [0.1, 0.15) is 18.4 Å². The number of likely N-dealkylation sites (tertiary alicyclic amines) is 1. The molecule has 2 aromatic rings. The number of benzene rings is 2. The maximum Gasteiger partial charge on any atom is 0.234 e. The molecule has 2 heterocycles. The molecule has 1 unspecified atom stereocenters. The van der Waals surface area contributed by atoms with E-state index >= 15 is 0 Å². The zero-order valence-electron chi connectivity index (χ0n) is 13.9. The van der Waals surface area contributed by atoms with E-state index in [-0.39, 0.29) is 11.8 Å². The van der Waals surface area contributed by atoms with E-state index in [4.69, 9.17) is 4.74 Å². The molecule has 1 spiro atoms. The summed E-state index contributed by atoms with van der Waals surface area (Å²) in [6, 6.07) is 17.7. The Labute approximate surface area is 146 Å². The van der Waals surface area contributed by atoms with Gasteiger partial charge in [0.15, 0.2) is 0 Å². The number of nitrogens with zero attached hydrogens (tertiary/aromatic N) is 1. The second-order valence-electron chi connectivity index (χ2n) is 6.86. The average molecular weight is 336 g/mol. The van der Waals surface area contributed by atoms with Crippen molar-refractivity contribution in [2.24, 2.45) is 5.41 Å². The highest BCUT2D eigenvalue weighted by atomic mass is 16.5. The summed E-state index contributed by atoms with van der Waals surface area (Å²) in [7, 11) is 0. The van der Waals surface area contributed by atoms with Gasteiger partial charge in [-0.3, -0.25) is 19.8 Å². The van der Waals surface area contributed by atoms with E-state index < -0.39 is 5.41 Å². The van der Waals surface area contributed by atoms with Crippen LogP contribution in [0.3, 0.4) is 0 Å². The summed E-state index contributed by atoms with van der Waals surface area (Å²) in [6.07, 6.45) is 1.06. The van der Waals surface area contributed by atoms with E-state index in [2.05, 4.69) is 16.3 Å². The summed E-state index contributed by atoms with van der Waals surface area (Å²) in [5.41, 5.74) is 0.616. The minimum absolute atomic E-state index is 0.110. The van der Waals surface area contributed by atoms with Gasteiger partial charge in [0, 0.05) is 19.5 Å². The van der Waals surface area contributed by atoms with Crippen molar-refractivity contribution in [1.82, 2.24) is 10.2 Å². The fraction of sp³-hybridized carbons (Fsp3) is 0.300. The third kappa shape index (κ3) is 3.28. The van der Waals surface area contributed by atoms with E-state index in [1.54, 1.807) is 0 Å². The second kappa shape index (κ2) is 6.33. The van der Waals surface area contributed by atoms with Gasteiger partial charge in [0.1, 0.15) is 11.5 Å². The van der Waals surface area contributed by atoms with Crippen molar-refractivity contribution in [3.8, 4) is 11.5 Å². The molecule has 25 heavy (non-hydrogen) atoms. The van der Waals surface area contributed by atoms with E-state index in [1.165, 1.54) is 0 Å². The van der Waals surface area contributed by atoms with Gasteiger partial charge in [-0.15, -0.1) is 0 Å². The van der Waals surface area contributed by atoms with Crippen LogP contribution in [0.15, 0.2) is 54.6 Å². The molecule has 0 bridgehead atoms. The molecule has 128 valence electrons. The molecule has 4 rings (SSSR count). The summed E-state index contributed by atoms with van der Waals surface area (Å²) in [5.74, 6) is 1.35. The van der Waals surface area contributed by atoms with Gasteiger partial charge < -0.3 is 4.74 Å². The molecule has 5 heteroatoms. The maximum absolute atomic E-state index is 12.1. The van der Waals surface area contributed by atoms with Crippen LogP contribution in [0.4, 0.5) is 0 Å². The number of nitrogens with one attached hydrogen (secondary N) is 1. The van der Waals surface area contributed by atoms with Crippen LogP contribution in [0.2, 0.25) is 0 Å². The van der Waals surface area contributed by atoms with Crippen LogP contribution < -0.4 is 10.1 Å². The van der Waals surface area contributed by atoms with Crippen LogP contribution in [-0.4, -0.2) is 29.8 Å². The molecular formula is C20H20N2O3. The van der Waals surface area contributed by atoms with E-state index in [0.717, 1.165) is 36.6 Å². The molecule has 0 radical (unpaired) electrons. The van der Waals surface area contributed by atoms with Crippen molar-refractivity contribution in [2.75, 3.05) is 13.1 Å². The number of rotatable bonds is 4. The van der Waals surface area contributed by atoms with Crippen molar-refractivity contribution in [1.29, 1.82) is 0 Å². The fourth-order valence-corrected chi connectivity index (χ4v) is 3.70. The average Bonchev–Trinajstić information content (AvgIpc) is 3.12. The molecule has 2 aliphatic rings. The number of hydrogen-bond acceptors (Lipinski definition) is 4. The number of ether oxygens (including phenoxy) is 1. The van der Waals surface area contributed by atoms with Gasteiger partial charge >= 0.3 is 0 Å². The van der Waals surface area contributed by atoms with Gasteiger partial charge in [0.2, 0.25) is 11.8 Å². The molecule has 2 amide bonds. The first-order valence-corrected chi connectivity index (χ1v) is 8.51. The summed E-state index contributed by atoms with van der Waals surface area (Å²) in [6.45, 7) is 2.20. The Kier molecular flexibility index (Phi) is 4.01. The zero-order valence-corrected chi connectivity index (χ0v) is 13.9. The largest absolute Gasteiger partial charge is 0.457 e. The molecule has 0 saturated carbocycles. The highest BCUT2D eigenvalue weighted by Crippen LogP contribution is 2.38. The number of carbonyl (C=O) groups is 2. The van der Waals surface area contributed by atoms with Gasteiger partial charge in [0.25, 0.3) is 0 Å². The van der Waals surface area contributed by atoms with Crippen molar-refractivity contribution in [3.05, 3.63) is 60.2 Å². The van der Waals surface area contributed by atoms with Crippen LogP contribution in [0.25, 0.3) is 0 Å². The van der Waals surface area contributed by atoms with Crippen molar-refractivity contribution in [3.63, 3.8) is 0 Å². The molecule has 2 fully saturated rings. The molecular weight excluding hydrogens is 316 g/mol. The van der Waals surface area contributed by atoms with Gasteiger partial charge in [-0.1, -0.05) is 30.3 Å². The van der Waals surface area contributed by atoms with Crippen molar-refractivity contribution >= 4 is 11.8 Å². The summed E-state index contributed by atoms with van der Waals surface area (Å²) in [5, 5.41) is 2.45. The minimum Gasteiger partial charge on any atom is -0.457 e. The van der Waals surface area contributed by atoms with Crippen LogP contribution in [0.5, 0.6) is 11.5 Å². The third-order valence-electron chi connectivity index (χ3n) is 4.95. The lowest BCUT2D eigenvalue weighted by molar-refractivity contribution is -0.128. The maximum atomic E-state index is 12.1. The lowest BCUT2D eigenvalue weighted by Gasteiger charge is -2.20. The molecule has 1 N–H and O–H groups in total. The van der Waals surface area contributed by atoms with E-state index in [9.17, 15) is 9.59 Å². The normalized spacial score (nSPS) is 23.2. The number of carbonyl (C=O) groups excluding carboxylic acids is 2. The Hall–Kier alpha value is -2.66. The molecule has 0 aromatic heterocycles. The number of para-hydroxylation sites is 1. The molecule has 2 aliphatic heterocycles. The monoisotopic (exact) mass is 336 g/mol. The fourth-order valence-electron chi connectivity index (χ4n) is 3.70. The zero-order chi connectivity index (χ0) is 17.3. The summed E-state index contributed by atoms with van der Waals surface area (Å²) >= 11 is 0. The highest BCUT2D eigenvalue weighted by molar-refractivity contribution is 6.06. The lowest BCUT2D eigenvalue weighted by atomic mass is 9.85. The minimum atomic E-state index is -0.519. The summed E-state index contributed by atoms with van der Waals surface area (Å²) in [4.78, 5) is 25.9. The van der Waals surface area contributed by atoms with E-state index in [1.807, 2.05) is 48.5 Å². The Balaban J connectivity index is 1.43. The van der Waals surface area contributed by atoms with Crippen LogP contribution in [-0.2, 0) is 16.1 Å². The second-order valence-corrected chi connectivity index (χ2v) is 6.86. The standard InChI is InChI=1S/C20H20N2O3/c23-18-12-20(19(24)21-18)9-10-22(14-20)13-15-5-4-8-17(11-15)25-16-6-2-1-3-7-16/h1-8,11H,9-10,12-14H2,(H,21,23,24). The van der Waals surface area contributed by atoms with Crippen molar-refractivity contribution < 1.29 is 14.3 Å². The molecule has 1 atom stereocenters. The highest BCUT2D eigenvalue weighted by Gasteiger charge is 2.50. The Morgan fingerprint density at radius 1 is 1.04 bits per heavy atom. The molecule has 2 saturated heterocycles. The predicted molar refractivity (Wildman–Crippen MR) is 93.1 cm³/mol. The first kappa shape index (κ1) is 15.8. The Morgan fingerprint density at radius 3 is 2.60 bits per heavy atom. The van der Waals surface area contributed by atoms with Gasteiger partial charge in [-0.2, -0.15) is 0 Å². The Bertz CT molecular complexity index is 806. The molecule has 5 nitrogen and oxygen atoms in total. The van der Waals surface area contributed by atoms with Crippen LogP contribution in [0, 0.1) is 5.41 Å². The first-order chi connectivity index (χ1) is 12.1. The third-order valence-corrected chi connectivity index (χ3v) is 4.95. The smallest absolute Gasteiger partial charge is 0.234 e. The number of hydrogen-bond donors (Lipinski definition) is 1. The SMILES string of the molecule is O=C1CC2(CCN(Cc3cccc(Oc4ccccc4)c3)C2)C(=O)N1. The lowest BCUT2D eigenvalue weighted by Crippen LogP contribution is -2.34. The molecule has 2 aromatic carbocycles. The first-order valence-electron chi connectivity index (χ1n) is 8.51.